The molecule has 0 saturated heterocycles. The standard InChI is InChI=1S/C22H27NO3/c1-14-6-7-20-18(11-14)19(12-22(4,5)26-20)23-21(24)13-25-17-9-15(2)8-16(3)10-17/h6-11,19H,12-13H2,1-5H3,(H,23,24). The average Bonchev–Trinajstić information content (AvgIpc) is 2.52. The van der Waals surface area contributed by atoms with Crippen molar-refractivity contribution in [3.63, 3.8) is 0 Å². The zero-order chi connectivity index (χ0) is 18.9. The van der Waals surface area contributed by atoms with Crippen LogP contribution in [0.2, 0.25) is 0 Å². The molecule has 4 heteroatoms. The van der Waals surface area contributed by atoms with Crippen molar-refractivity contribution >= 4 is 5.91 Å². The SMILES string of the molecule is Cc1cc(C)cc(OCC(=O)NC2CC(C)(C)Oc3ccc(C)cc32)c1. The Bertz CT molecular complexity index is 806. The summed E-state index contributed by atoms with van der Waals surface area (Å²) in [5, 5.41) is 3.11. The van der Waals surface area contributed by atoms with E-state index in [2.05, 4.69) is 17.4 Å². The molecule has 3 rings (SSSR count). The van der Waals surface area contributed by atoms with Gasteiger partial charge in [-0.15, -0.1) is 0 Å². The van der Waals surface area contributed by atoms with Crippen LogP contribution in [0.15, 0.2) is 36.4 Å². The van der Waals surface area contributed by atoms with Crippen LogP contribution < -0.4 is 14.8 Å². The van der Waals surface area contributed by atoms with E-state index in [1.54, 1.807) is 0 Å². The second kappa shape index (κ2) is 7.02. The van der Waals surface area contributed by atoms with Gasteiger partial charge in [0.15, 0.2) is 6.61 Å². The molecule has 1 unspecified atom stereocenters. The molecule has 1 atom stereocenters. The number of amides is 1. The topological polar surface area (TPSA) is 47.6 Å². The summed E-state index contributed by atoms with van der Waals surface area (Å²) in [5.74, 6) is 1.44. The van der Waals surface area contributed by atoms with Gasteiger partial charge in [-0.3, -0.25) is 4.79 Å². The van der Waals surface area contributed by atoms with Crippen LogP contribution in [0.4, 0.5) is 0 Å². The summed E-state index contributed by atoms with van der Waals surface area (Å²) in [6.07, 6.45) is 0.721. The highest BCUT2D eigenvalue weighted by molar-refractivity contribution is 5.78. The van der Waals surface area contributed by atoms with Gasteiger partial charge in [-0.2, -0.15) is 0 Å². The van der Waals surface area contributed by atoms with E-state index in [9.17, 15) is 4.79 Å². The van der Waals surface area contributed by atoms with E-state index in [1.807, 2.05) is 58.9 Å². The first-order valence-corrected chi connectivity index (χ1v) is 9.02. The summed E-state index contributed by atoms with van der Waals surface area (Å²) in [5.41, 5.74) is 4.10. The lowest BCUT2D eigenvalue weighted by atomic mass is 9.89. The largest absolute Gasteiger partial charge is 0.487 e. The van der Waals surface area contributed by atoms with E-state index in [4.69, 9.17) is 9.47 Å². The fourth-order valence-electron chi connectivity index (χ4n) is 3.50. The minimum absolute atomic E-state index is 0.00181. The van der Waals surface area contributed by atoms with Crippen LogP contribution in [-0.2, 0) is 4.79 Å². The Morgan fingerprint density at radius 2 is 1.81 bits per heavy atom. The van der Waals surface area contributed by atoms with Crippen molar-refractivity contribution in [3.8, 4) is 11.5 Å². The van der Waals surface area contributed by atoms with Crippen LogP contribution in [0.5, 0.6) is 11.5 Å². The number of aryl methyl sites for hydroxylation is 3. The predicted molar refractivity (Wildman–Crippen MR) is 103 cm³/mol. The van der Waals surface area contributed by atoms with Gasteiger partial charge in [-0.25, -0.2) is 0 Å². The Labute approximate surface area is 155 Å². The number of nitrogens with one attached hydrogen (secondary N) is 1. The van der Waals surface area contributed by atoms with Gasteiger partial charge in [0.05, 0.1) is 6.04 Å². The van der Waals surface area contributed by atoms with Crippen molar-refractivity contribution in [3.05, 3.63) is 58.7 Å². The molecule has 2 aromatic rings. The summed E-state index contributed by atoms with van der Waals surface area (Å²) < 4.78 is 11.8. The second-order valence-corrected chi connectivity index (χ2v) is 7.84. The van der Waals surface area contributed by atoms with E-state index >= 15 is 0 Å². The van der Waals surface area contributed by atoms with Crippen LogP contribution in [0.3, 0.4) is 0 Å². The molecule has 0 saturated carbocycles. The highest BCUT2D eigenvalue weighted by Crippen LogP contribution is 2.39. The molecule has 2 aromatic carbocycles. The van der Waals surface area contributed by atoms with E-state index < -0.39 is 0 Å². The molecule has 1 aliphatic heterocycles. The normalized spacial score (nSPS) is 17.8. The van der Waals surface area contributed by atoms with E-state index in [1.165, 1.54) is 0 Å². The highest BCUT2D eigenvalue weighted by Gasteiger charge is 2.34. The number of carbonyl (C=O) groups excluding carboxylic acids is 1. The van der Waals surface area contributed by atoms with E-state index in [-0.39, 0.29) is 24.2 Å². The van der Waals surface area contributed by atoms with Gasteiger partial charge in [-0.1, -0.05) is 23.8 Å². The Morgan fingerprint density at radius 3 is 2.50 bits per heavy atom. The maximum atomic E-state index is 12.5. The number of hydrogen-bond acceptors (Lipinski definition) is 3. The first-order valence-electron chi connectivity index (χ1n) is 9.02. The maximum Gasteiger partial charge on any atom is 0.258 e. The van der Waals surface area contributed by atoms with Gasteiger partial charge < -0.3 is 14.8 Å². The molecule has 0 aromatic heterocycles. The summed E-state index contributed by atoms with van der Waals surface area (Å²) in [6.45, 7) is 10.2. The number of hydrogen-bond donors (Lipinski definition) is 1. The number of ether oxygens (including phenoxy) is 2. The molecular formula is C22H27NO3. The average molecular weight is 353 g/mol. The summed E-state index contributed by atoms with van der Waals surface area (Å²) in [4.78, 5) is 12.5. The number of rotatable bonds is 4. The first kappa shape index (κ1) is 18.3. The third-order valence-corrected chi connectivity index (χ3v) is 4.52. The fraction of sp³-hybridized carbons (Fsp3) is 0.409. The van der Waals surface area contributed by atoms with Gasteiger partial charge >= 0.3 is 0 Å². The van der Waals surface area contributed by atoms with Crippen molar-refractivity contribution in [1.29, 1.82) is 0 Å². The van der Waals surface area contributed by atoms with E-state index in [0.717, 1.165) is 40.2 Å². The number of fused-ring (bicyclic) bond motifs is 1. The Kier molecular flexibility index (Phi) is 4.94. The molecule has 1 heterocycles. The van der Waals surface area contributed by atoms with Crippen LogP contribution in [0.1, 0.15) is 48.6 Å². The zero-order valence-electron chi connectivity index (χ0n) is 16.2. The number of benzene rings is 2. The quantitative estimate of drug-likeness (QED) is 0.886. The molecule has 26 heavy (non-hydrogen) atoms. The fourth-order valence-corrected chi connectivity index (χ4v) is 3.50. The molecule has 0 spiro atoms. The smallest absolute Gasteiger partial charge is 0.258 e. The van der Waals surface area contributed by atoms with Crippen molar-refractivity contribution in [2.45, 2.75) is 52.7 Å². The Hall–Kier alpha value is -2.49. The van der Waals surface area contributed by atoms with Crippen molar-refractivity contribution in [2.24, 2.45) is 0 Å². The molecule has 4 nitrogen and oxygen atoms in total. The summed E-state index contributed by atoms with van der Waals surface area (Å²) in [6, 6.07) is 12.0. The molecule has 1 aliphatic rings. The predicted octanol–water partition coefficient (Wildman–Crippen LogP) is 4.41. The molecule has 0 fully saturated rings. The lowest BCUT2D eigenvalue weighted by Gasteiger charge is -2.38. The molecule has 1 N–H and O–H groups in total. The summed E-state index contributed by atoms with van der Waals surface area (Å²) in [7, 11) is 0. The van der Waals surface area contributed by atoms with Gasteiger partial charge in [0.25, 0.3) is 5.91 Å². The monoisotopic (exact) mass is 353 g/mol. The molecule has 0 aliphatic carbocycles. The van der Waals surface area contributed by atoms with Crippen LogP contribution in [-0.4, -0.2) is 18.1 Å². The lowest BCUT2D eigenvalue weighted by Crippen LogP contribution is -2.42. The van der Waals surface area contributed by atoms with Gasteiger partial charge in [0.2, 0.25) is 0 Å². The van der Waals surface area contributed by atoms with Crippen molar-refractivity contribution in [1.82, 2.24) is 5.32 Å². The second-order valence-electron chi connectivity index (χ2n) is 7.84. The van der Waals surface area contributed by atoms with Gasteiger partial charge in [0, 0.05) is 12.0 Å². The van der Waals surface area contributed by atoms with Crippen LogP contribution in [0.25, 0.3) is 0 Å². The van der Waals surface area contributed by atoms with E-state index in [0.29, 0.717) is 0 Å². The first-order chi connectivity index (χ1) is 12.2. The maximum absolute atomic E-state index is 12.5. The Morgan fingerprint density at radius 1 is 1.12 bits per heavy atom. The molecule has 1 amide bonds. The van der Waals surface area contributed by atoms with Gasteiger partial charge in [0.1, 0.15) is 17.1 Å². The summed E-state index contributed by atoms with van der Waals surface area (Å²) >= 11 is 0. The minimum Gasteiger partial charge on any atom is -0.487 e. The minimum atomic E-state index is -0.325. The van der Waals surface area contributed by atoms with Crippen LogP contribution in [0, 0.1) is 20.8 Å². The molecule has 138 valence electrons. The third kappa shape index (κ3) is 4.37. The number of carbonyl (C=O) groups is 1. The zero-order valence-corrected chi connectivity index (χ0v) is 16.2. The molecule has 0 radical (unpaired) electrons. The van der Waals surface area contributed by atoms with Crippen LogP contribution >= 0.6 is 0 Å². The van der Waals surface area contributed by atoms with Gasteiger partial charge in [-0.05, 0) is 63.9 Å². The lowest BCUT2D eigenvalue weighted by molar-refractivity contribution is -0.124. The Balaban J connectivity index is 1.69. The third-order valence-electron chi connectivity index (χ3n) is 4.52. The van der Waals surface area contributed by atoms with Crippen molar-refractivity contribution in [2.75, 3.05) is 6.61 Å². The highest BCUT2D eigenvalue weighted by atomic mass is 16.5. The molecular weight excluding hydrogens is 326 g/mol. The molecule has 0 bridgehead atoms. The van der Waals surface area contributed by atoms with Crippen molar-refractivity contribution < 1.29 is 14.3 Å².